The van der Waals surface area contributed by atoms with Crippen LogP contribution in [0.2, 0.25) is 0 Å². The molecule has 0 aliphatic carbocycles. The van der Waals surface area contributed by atoms with E-state index in [-0.39, 0.29) is 11.1 Å². The molecule has 0 aliphatic heterocycles. The third-order valence-electron chi connectivity index (χ3n) is 4.50. The zero-order chi connectivity index (χ0) is 22.9. The van der Waals surface area contributed by atoms with Crippen LogP contribution < -0.4 is 9.47 Å². The zero-order valence-electron chi connectivity index (χ0n) is 15.7. The maximum atomic E-state index is 12.4. The number of ether oxygens (including phenoxy) is 2. The molecule has 1 unspecified atom stereocenters. The Balaban J connectivity index is 2.02. The predicted molar refractivity (Wildman–Crippen MR) is 94.0 cm³/mol. The normalized spacial score (nSPS) is 13.7. The SMILES string of the molecule is CC(n1ccnn1)C(O)(c1ccc(OC(F)(F)F)cc1)c1ccc(OC(F)(F)F)cc1. The highest BCUT2D eigenvalue weighted by Gasteiger charge is 2.40. The summed E-state index contributed by atoms with van der Waals surface area (Å²) in [7, 11) is 0. The molecule has 0 fully saturated rings. The van der Waals surface area contributed by atoms with E-state index >= 15 is 0 Å². The van der Waals surface area contributed by atoms with E-state index in [0.717, 1.165) is 24.3 Å². The smallest absolute Gasteiger partial charge is 0.406 e. The Bertz CT molecular complexity index is 927. The van der Waals surface area contributed by atoms with E-state index in [1.54, 1.807) is 6.92 Å². The summed E-state index contributed by atoms with van der Waals surface area (Å²) in [5.74, 6) is -0.998. The van der Waals surface area contributed by atoms with E-state index in [1.807, 2.05) is 0 Å². The summed E-state index contributed by atoms with van der Waals surface area (Å²) < 4.78 is 83.5. The summed E-state index contributed by atoms with van der Waals surface area (Å²) in [6, 6.07) is 8.09. The van der Waals surface area contributed by atoms with E-state index < -0.39 is 35.9 Å². The van der Waals surface area contributed by atoms with Crippen LogP contribution in [0.1, 0.15) is 24.1 Å². The molecule has 0 bridgehead atoms. The van der Waals surface area contributed by atoms with Gasteiger partial charge in [-0.2, -0.15) is 0 Å². The summed E-state index contributed by atoms with van der Waals surface area (Å²) in [6.45, 7) is 1.56. The molecule has 2 aromatic carbocycles. The lowest BCUT2D eigenvalue weighted by molar-refractivity contribution is -0.275. The summed E-state index contributed by atoms with van der Waals surface area (Å²) in [4.78, 5) is 0. The van der Waals surface area contributed by atoms with Crippen molar-refractivity contribution < 1.29 is 40.9 Å². The molecular weight excluding hydrogens is 432 g/mol. The number of aliphatic hydroxyl groups is 1. The van der Waals surface area contributed by atoms with Crippen molar-refractivity contribution >= 4 is 0 Å². The Hall–Kier alpha value is -3.28. The molecule has 0 amide bonds. The summed E-state index contributed by atoms with van der Waals surface area (Å²) in [5, 5.41) is 19.1. The van der Waals surface area contributed by atoms with Gasteiger partial charge in [-0.3, -0.25) is 0 Å². The van der Waals surface area contributed by atoms with Gasteiger partial charge in [0.05, 0.1) is 12.2 Å². The molecule has 6 nitrogen and oxygen atoms in total. The molecule has 0 saturated carbocycles. The van der Waals surface area contributed by atoms with Crippen LogP contribution in [0, 0.1) is 0 Å². The van der Waals surface area contributed by atoms with Gasteiger partial charge >= 0.3 is 12.7 Å². The first-order valence-electron chi connectivity index (χ1n) is 8.69. The fourth-order valence-electron chi connectivity index (χ4n) is 3.09. The second-order valence-corrected chi connectivity index (χ2v) is 6.47. The van der Waals surface area contributed by atoms with Gasteiger partial charge in [-0.1, -0.05) is 29.5 Å². The highest BCUT2D eigenvalue weighted by molar-refractivity contribution is 5.42. The monoisotopic (exact) mass is 447 g/mol. The van der Waals surface area contributed by atoms with Crippen molar-refractivity contribution in [2.45, 2.75) is 31.3 Å². The number of hydrogen-bond acceptors (Lipinski definition) is 5. The Kier molecular flexibility index (Phi) is 5.85. The van der Waals surface area contributed by atoms with Gasteiger partial charge in [-0.25, -0.2) is 4.68 Å². The third kappa shape index (κ3) is 5.26. The Morgan fingerprint density at radius 2 is 1.23 bits per heavy atom. The van der Waals surface area contributed by atoms with Crippen LogP contribution in [0.5, 0.6) is 11.5 Å². The molecule has 0 saturated heterocycles. The summed E-state index contributed by atoms with van der Waals surface area (Å²) in [6.07, 6.45) is -6.96. The fraction of sp³-hybridized carbons (Fsp3) is 0.263. The first-order valence-corrected chi connectivity index (χ1v) is 8.69. The van der Waals surface area contributed by atoms with Crippen molar-refractivity contribution in [3.8, 4) is 11.5 Å². The van der Waals surface area contributed by atoms with Gasteiger partial charge in [-0.15, -0.1) is 31.4 Å². The van der Waals surface area contributed by atoms with Crippen LogP contribution in [0.3, 0.4) is 0 Å². The quantitative estimate of drug-likeness (QED) is 0.561. The molecule has 0 spiro atoms. The maximum absolute atomic E-state index is 12.4. The van der Waals surface area contributed by atoms with Gasteiger partial charge in [0.15, 0.2) is 0 Å². The zero-order valence-corrected chi connectivity index (χ0v) is 15.7. The number of hydrogen-bond donors (Lipinski definition) is 1. The number of rotatable bonds is 6. The molecule has 1 atom stereocenters. The summed E-state index contributed by atoms with van der Waals surface area (Å²) >= 11 is 0. The Morgan fingerprint density at radius 3 is 1.55 bits per heavy atom. The topological polar surface area (TPSA) is 69.4 Å². The van der Waals surface area contributed by atoms with E-state index in [1.165, 1.54) is 41.3 Å². The average Bonchev–Trinajstić information content (AvgIpc) is 3.20. The fourth-order valence-corrected chi connectivity index (χ4v) is 3.09. The minimum Gasteiger partial charge on any atom is -0.406 e. The molecule has 1 heterocycles. The minimum absolute atomic E-state index is 0.148. The summed E-state index contributed by atoms with van der Waals surface area (Å²) in [5.41, 5.74) is -1.61. The van der Waals surface area contributed by atoms with Crippen molar-refractivity contribution in [3.63, 3.8) is 0 Å². The molecule has 12 heteroatoms. The third-order valence-corrected chi connectivity index (χ3v) is 4.50. The van der Waals surface area contributed by atoms with Crippen molar-refractivity contribution in [3.05, 3.63) is 72.1 Å². The van der Waals surface area contributed by atoms with Gasteiger partial charge in [0, 0.05) is 6.20 Å². The van der Waals surface area contributed by atoms with Crippen LogP contribution in [0.15, 0.2) is 60.9 Å². The molecule has 166 valence electrons. The second kappa shape index (κ2) is 8.10. The van der Waals surface area contributed by atoms with Crippen molar-refractivity contribution in [1.82, 2.24) is 15.0 Å². The molecule has 0 aliphatic rings. The van der Waals surface area contributed by atoms with Gasteiger partial charge in [0.1, 0.15) is 17.1 Å². The first kappa shape index (κ1) is 22.4. The van der Waals surface area contributed by atoms with Gasteiger partial charge in [-0.05, 0) is 42.3 Å². The van der Waals surface area contributed by atoms with Crippen molar-refractivity contribution in [2.75, 3.05) is 0 Å². The standard InChI is InChI=1S/C19H15F6N3O3/c1-12(28-11-10-26-27-28)17(29,13-2-6-15(7-3-13)30-18(20,21)22)14-4-8-16(9-5-14)31-19(23,24)25/h2-12,29H,1H3. The lowest BCUT2D eigenvalue weighted by atomic mass is 9.80. The van der Waals surface area contributed by atoms with Crippen LogP contribution in [0.25, 0.3) is 0 Å². The molecule has 3 aromatic rings. The lowest BCUT2D eigenvalue weighted by Gasteiger charge is -2.35. The highest BCUT2D eigenvalue weighted by Crippen LogP contribution is 2.41. The van der Waals surface area contributed by atoms with Gasteiger partial charge in [0.25, 0.3) is 0 Å². The predicted octanol–water partition coefficient (Wildman–Crippen LogP) is 4.57. The van der Waals surface area contributed by atoms with E-state index in [4.69, 9.17) is 0 Å². The number of aromatic nitrogens is 3. The van der Waals surface area contributed by atoms with Crippen LogP contribution in [0.4, 0.5) is 26.3 Å². The second-order valence-electron chi connectivity index (χ2n) is 6.47. The Morgan fingerprint density at radius 1 is 0.806 bits per heavy atom. The van der Waals surface area contributed by atoms with E-state index in [2.05, 4.69) is 19.8 Å². The largest absolute Gasteiger partial charge is 0.573 e. The molecular formula is C19H15F6N3O3. The van der Waals surface area contributed by atoms with Crippen LogP contribution in [-0.2, 0) is 5.60 Å². The maximum Gasteiger partial charge on any atom is 0.573 e. The molecule has 3 rings (SSSR count). The van der Waals surface area contributed by atoms with Gasteiger partial charge < -0.3 is 14.6 Å². The number of alkyl halides is 6. The van der Waals surface area contributed by atoms with E-state index in [0.29, 0.717) is 0 Å². The number of nitrogens with zero attached hydrogens (tertiary/aromatic N) is 3. The lowest BCUT2D eigenvalue weighted by Crippen LogP contribution is -2.37. The molecule has 1 aromatic heterocycles. The molecule has 31 heavy (non-hydrogen) atoms. The minimum atomic E-state index is -4.89. The van der Waals surface area contributed by atoms with Crippen molar-refractivity contribution in [1.29, 1.82) is 0 Å². The molecule has 1 N–H and O–H groups in total. The van der Waals surface area contributed by atoms with Crippen LogP contribution >= 0.6 is 0 Å². The highest BCUT2D eigenvalue weighted by atomic mass is 19.4. The van der Waals surface area contributed by atoms with E-state index in [9.17, 15) is 31.4 Å². The van der Waals surface area contributed by atoms with Crippen molar-refractivity contribution in [2.24, 2.45) is 0 Å². The first-order chi connectivity index (χ1) is 14.4. The van der Waals surface area contributed by atoms with Crippen LogP contribution in [-0.4, -0.2) is 32.8 Å². The number of benzene rings is 2. The number of halogens is 6. The average molecular weight is 447 g/mol. The molecule has 0 radical (unpaired) electrons. The Labute approximate surface area is 171 Å². The van der Waals surface area contributed by atoms with Gasteiger partial charge in [0.2, 0.25) is 0 Å².